The predicted molar refractivity (Wildman–Crippen MR) is 70.8 cm³/mol. The van der Waals surface area contributed by atoms with Crippen LogP contribution in [0.5, 0.6) is 0 Å². The van der Waals surface area contributed by atoms with Crippen molar-refractivity contribution in [2.45, 2.75) is 13.3 Å². The molecule has 1 heterocycles. The van der Waals surface area contributed by atoms with Gasteiger partial charge in [-0.15, -0.1) is 0 Å². The Morgan fingerprint density at radius 1 is 1.00 bits per heavy atom. The molecular formula is C16H12N2. The van der Waals surface area contributed by atoms with Gasteiger partial charge in [-0.1, -0.05) is 18.9 Å². The number of rotatable bonds is 1. The number of benzene rings is 1. The molecule has 2 rings (SSSR count). The molecule has 18 heavy (non-hydrogen) atoms. The monoisotopic (exact) mass is 232 g/mol. The van der Waals surface area contributed by atoms with Gasteiger partial charge in [0.1, 0.15) is 5.69 Å². The van der Waals surface area contributed by atoms with E-state index >= 15 is 0 Å². The molecule has 0 spiro atoms. The molecule has 0 atom stereocenters. The van der Waals surface area contributed by atoms with Crippen LogP contribution in [0.1, 0.15) is 29.3 Å². The number of nitrogens with zero attached hydrogens (tertiary/aromatic N) is 2. The maximum atomic E-state index is 8.69. The lowest BCUT2D eigenvalue weighted by molar-refractivity contribution is 1.10. The van der Waals surface area contributed by atoms with Crippen molar-refractivity contribution in [3.63, 3.8) is 0 Å². The first-order valence-corrected chi connectivity index (χ1v) is 5.79. The first-order chi connectivity index (χ1) is 8.81. The van der Waals surface area contributed by atoms with E-state index in [2.05, 4.69) is 29.8 Å². The van der Waals surface area contributed by atoms with Crippen LogP contribution in [0, 0.1) is 23.2 Å². The summed E-state index contributed by atoms with van der Waals surface area (Å²) in [6.07, 6.45) is 2.83. The summed E-state index contributed by atoms with van der Waals surface area (Å²) in [5, 5.41) is 8.69. The lowest BCUT2D eigenvalue weighted by Gasteiger charge is -1.94. The second-order valence-electron chi connectivity index (χ2n) is 3.84. The second-order valence-corrected chi connectivity index (χ2v) is 3.84. The summed E-state index contributed by atoms with van der Waals surface area (Å²) in [6, 6.07) is 13.2. The Labute approximate surface area is 107 Å². The fraction of sp³-hybridized carbons (Fsp3) is 0.125. The zero-order chi connectivity index (χ0) is 12.8. The van der Waals surface area contributed by atoms with Crippen LogP contribution in [0.2, 0.25) is 0 Å². The average molecular weight is 232 g/mol. The third-order valence-electron chi connectivity index (χ3n) is 2.58. The van der Waals surface area contributed by atoms with Crippen molar-refractivity contribution in [3.05, 3.63) is 65.0 Å². The first-order valence-electron chi connectivity index (χ1n) is 5.79. The number of hydrogen-bond acceptors (Lipinski definition) is 2. The van der Waals surface area contributed by atoms with E-state index in [0.717, 1.165) is 17.7 Å². The van der Waals surface area contributed by atoms with Crippen molar-refractivity contribution in [1.29, 1.82) is 5.26 Å². The van der Waals surface area contributed by atoms with Gasteiger partial charge < -0.3 is 0 Å². The van der Waals surface area contributed by atoms with E-state index in [0.29, 0.717) is 5.56 Å². The zero-order valence-electron chi connectivity index (χ0n) is 10.1. The van der Waals surface area contributed by atoms with Crippen LogP contribution in [0.3, 0.4) is 0 Å². The third kappa shape index (κ3) is 2.97. The standard InChI is InChI=1S/C16H12N2/c1-2-13-7-9-16(18-12-13)10-8-14-3-5-15(11-17)6-4-14/h3-7,9,12H,2H2,1H3. The van der Waals surface area contributed by atoms with Crippen molar-refractivity contribution in [1.82, 2.24) is 4.98 Å². The fourth-order valence-electron chi connectivity index (χ4n) is 1.47. The molecule has 0 amide bonds. The van der Waals surface area contributed by atoms with Crippen molar-refractivity contribution in [2.75, 3.05) is 0 Å². The lowest BCUT2D eigenvalue weighted by atomic mass is 10.1. The normalized spacial score (nSPS) is 9.11. The molecule has 2 nitrogen and oxygen atoms in total. The molecule has 1 aromatic heterocycles. The highest BCUT2D eigenvalue weighted by atomic mass is 14.7. The minimum Gasteiger partial charge on any atom is -0.248 e. The van der Waals surface area contributed by atoms with Crippen molar-refractivity contribution in [3.8, 4) is 17.9 Å². The van der Waals surface area contributed by atoms with E-state index < -0.39 is 0 Å². The topological polar surface area (TPSA) is 36.7 Å². The number of aromatic nitrogens is 1. The molecule has 2 aromatic rings. The van der Waals surface area contributed by atoms with Crippen LogP contribution >= 0.6 is 0 Å². The summed E-state index contributed by atoms with van der Waals surface area (Å²) in [5.41, 5.74) is 3.50. The van der Waals surface area contributed by atoms with E-state index in [-0.39, 0.29) is 0 Å². The fourth-order valence-corrected chi connectivity index (χ4v) is 1.47. The molecule has 0 bridgehead atoms. The Bertz CT molecular complexity index is 620. The van der Waals surface area contributed by atoms with Crippen LogP contribution in [0.25, 0.3) is 0 Å². The molecule has 0 radical (unpaired) electrons. The van der Waals surface area contributed by atoms with Crippen molar-refractivity contribution in [2.24, 2.45) is 0 Å². The Morgan fingerprint density at radius 2 is 1.72 bits per heavy atom. The third-order valence-corrected chi connectivity index (χ3v) is 2.58. The Hall–Kier alpha value is -2.58. The van der Waals surface area contributed by atoms with Gasteiger partial charge >= 0.3 is 0 Å². The van der Waals surface area contributed by atoms with E-state index in [1.165, 1.54) is 5.56 Å². The van der Waals surface area contributed by atoms with Gasteiger partial charge in [0.25, 0.3) is 0 Å². The number of hydrogen-bond donors (Lipinski definition) is 0. The summed E-state index contributed by atoms with van der Waals surface area (Å²) in [4.78, 5) is 4.27. The van der Waals surface area contributed by atoms with Crippen LogP contribution in [-0.2, 0) is 6.42 Å². The summed E-state index contributed by atoms with van der Waals surface area (Å²) >= 11 is 0. The Kier molecular flexibility index (Phi) is 3.74. The molecule has 2 heteroatoms. The predicted octanol–water partition coefficient (Wildman–Crippen LogP) is 2.92. The summed E-state index contributed by atoms with van der Waals surface area (Å²) < 4.78 is 0. The molecule has 0 fully saturated rings. The van der Waals surface area contributed by atoms with Gasteiger partial charge in [-0.3, -0.25) is 0 Å². The second kappa shape index (κ2) is 5.66. The minimum atomic E-state index is 0.644. The van der Waals surface area contributed by atoms with Gasteiger partial charge in [0.15, 0.2) is 0 Å². The van der Waals surface area contributed by atoms with Crippen molar-refractivity contribution < 1.29 is 0 Å². The molecule has 0 aliphatic heterocycles. The smallest absolute Gasteiger partial charge is 0.113 e. The number of aryl methyl sites for hydroxylation is 1. The van der Waals surface area contributed by atoms with Gasteiger partial charge in [0, 0.05) is 11.8 Å². The van der Waals surface area contributed by atoms with Crippen LogP contribution < -0.4 is 0 Å². The molecule has 1 aromatic carbocycles. The number of nitriles is 1. The molecule has 0 saturated carbocycles. The van der Waals surface area contributed by atoms with Gasteiger partial charge in [-0.05, 0) is 48.2 Å². The summed E-state index contributed by atoms with van der Waals surface area (Å²) in [6.45, 7) is 2.10. The van der Waals surface area contributed by atoms with Gasteiger partial charge in [0.2, 0.25) is 0 Å². The molecule has 0 aliphatic rings. The number of pyridine rings is 1. The summed E-state index contributed by atoms with van der Waals surface area (Å²) in [5.74, 6) is 6.03. The molecular weight excluding hydrogens is 220 g/mol. The summed E-state index contributed by atoms with van der Waals surface area (Å²) in [7, 11) is 0. The van der Waals surface area contributed by atoms with Gasteiger partial charge in [0.05, 0.1) is 11.6 Å². The highest BCUT2D eigenvalue weighted by Gasteiger charge is 1.92. The SMILES string of the molecule is CCc1ccc(C#Cc2ccc(C#N)cc2)nc1. The van der Waals surface area contributed by atoms with Crippen LogP contribution in [0.15, 0.2) is 42.6 Å². The largest absolute Gasteiger partial charge is 0.248 e. The average Bonchev–Trinajstić information content (AvgIpc) is 2.46. The van der Waals surface area contributed by atoms with Gasteiger partial charge in [-0.25, -0.2) is 4.98 Å². The zero-order valence-corrected chi connectivity index (χ0v) is 10.1. The quantitative estimate of drug-likeness (QED) is 0.709. The van der Waals surface area contributed by atoms with E-state index in [4.69, 9.17) is 5.26 Å². The highest BCUT2D eigenvalue weighted by Crippen LogP contribution is 2.03. The molecule has 0 aliphatic carbocycles. The molecule has 86 valence electrons. The maximum absolute atomic E-state index is 8.69. The molecule has 0 unspecified atom stereocenters. The van der Waals surface area contributed by atoms with Crippen molar-refractivity contribution >= 4 is 0 Å². The molecule has 0 saturated heterocycles. The first kappa shape index (κ1) is 11.9. The van der Waals surface area contributed by atoms with E-state index in [9.17, 15) is 0 Å². The lowest BCUT2D eigenvalue weighted by Crippen LogP contribution is -1.85. The maximum Gasteiger partial charge on any atom is 0.113 e. The highest BCUT2D eigenvalue weighted by molar-refractivity contribution is 5.43. The minimum absolute atomic E-state index is 0.644. The Balaban J connectivity index is 2.17. The van der Waals surface area contributed by atoms with Gasteiger partial charge in [-0.2, -0.15) is 5.26 Å². The van der Waals surface area contributed by atoms with Crippen LogP contribution in [0.4, 0.5) is 0 Å². The Morgan fingerprint density at radius 3 is 2.28 bits per heavy atom. The van der Waals surface area contributed by atoms with E-state index in [1.54, 1.807) is 12.1 Å². The van der Waals surface area contributed by atoms with Crippen LogP contribution in [-0.4, -0.2) is 4.98 Å². The van der Waals surface area contributed by atoms with E-state index in [1.807, 2.05) is 30.5 Å². The molecule has 0 N–H and O–H groups in total.